The van der Waals surface area contributed by atoms with E-state index >= 15 is 0 Å². The third kappa shape index (κ3) is 8.21. The summed E-state index contributed by atoms with van der Waals surface area (Å²) in [6.45, 7) is 2.03. The van der Waals surface area contributed by atoms with Crippen LogP contribution in [0.1, 0.15) is 27.8 Å². The molecule has 50 heavy (non-hydrogen) atoms. The molecule has 0 fully saturated rings. The first-order valence-electron chi connectivity index (χ1n) is 16.5. The first kappa shape index (κ1) is 34.8. The van der Waals surface area contributed by atoms with E-state index in [0.717, 1.165) is 38.9 Å². The minimum atomic E-state index is -4.15. The van der Waals surface area contributed by atoms with E-state index in [2.05, 4.69) is 24.3 Å². The van der Waals surface area contributed by atoms with Gasteiger partial charge in [0.15, 0.2) is 0 Å². The van der Waals surface area contributed by atoms with Crippen LogP contribution in [0, 0.1) is 6.92 Å². The van der Waals surface area contributed by atoms with Crippen molar-refractivity contribution in [3.8, 4) is 16.9 Å². The Balaban J connectivity index is 1.31. The lowest BCUT2D eigenvalue weighted by Crippen LogP contribution is -2.38. The van der Waals surface area contributed by atoms with Crippen LogP contribution >= 0.6 is 0 Å². The van der Waals surface area contributed by atoms with Crippen LogP contribution in [0.5, 0.6) is 5.75 Å². The van der Waals surface area contributed by atoms with Gasteiger partial charge in [0.2, 0.25) is 0 Å². The van der Waals surface area contributed by atoms with Gasteiger partial charge >= 0.3 is 0 Å². The molecule has 0 radical (unpaired) electrons. The Labute approximate surface area is 295 Å². The third-order valence-electron chi connectivity index (χ3n) is 8.55. The molecule has 0 spiro atoms. The summed E-state index contributed by atoms with van der Waals surface area (Å²) in [7, 11) is -2.53. The third-order valence-corrected chi connectivity index (χ3v) is 9.92. The topological polar surface area (TPSA) is 71.1 Å². The fourth-order valence-corrected chi connectivity index (χ4v) is 6.96. The second-order valence-corrected chi connectivity index (χ2v) is 13.6. The molecule has 6 aromatic rings. The molecule has 7 heteroatoms. The maximum Gasteiger partial charge on any atom is 0.297 e. The Morgan fingerprint density at radius 2 is 1.10 bits per heavy atom. The molecule has 6 aromatic carbocycles. The summed E-state index contributed by atoms with van der Waals surface area (Å²) in [6, 6.07) is 52.4. The van der Waals surface area contributed by atoms with Crippen molar-refractivity contribution in [2.24, 2.45) is 0 Å². The highest BCUT2D eigenvalue weighted by Crippen LogP contribution is 2.41. The normalized spacial score (nSPS) is 12.4. The molecule has 0 aromatic heterocycles. The van der Waals surface area contributed by atoms with Crippen molar-refractivity contribution in [3.05, 3.63) is 192 Å². The van der Waals surface area contributed by atoms with Crippen LogP contribution < -0.4 is 4.74 Å². The second-order valence-electron chi connectivity index (χ2n) is 12.0. The zero-order chi connectivity index (χ0) is 34.8. The van der Waals surface area contributed by atoms with E-state index in [1.165, 1.54) is 0 Å². The van der Waals surface area contributed by atoms with Gasteiger partial charge < -0.3 is 14.2 Å². The zero-order valence-corrected chi connectivity index (χ0v) is 29.0. The molecule has 254 valence electrons. The Morgan fingerprint density at radius 1 is 0.580 bits per heavy atom. The van der Waals surface area contributed by atoms with Crippen LogP contribution in [-0.2, 0) is 36.0 Å². The van der Waals surface area contributed by atoms with E-state index in [-0.39, 0.29) is 24.7 Å². The van der Waals surface area contributed by atoms with Gasteiger partial charge in [-0.1, -0.05) is 145 Å². The van der Waals surface area contributed by atoms with Crippen molar-refractivity contribution in [1.82, 2.24) is 0 Å². The molecular weight excluding hydrogens is 645 g/mol. The van der Waals surface area contributed by atoms with E-state index in [1.54, 1.807) is 31.4 Å². The fourth-order valence-electron chi connectivity index (χ4n) is 5.91. The molecule has 0 bridgehead atoms. The van der Waals surface area contributed by atoms with Gasteiger partial charge in [-0.05, 0) is 64.6 Å². The van der Waals surface area contributed by atoms with Gasteiger partial charge in [0.05, 0.1) is 31.8 Å². The van der Waals surface area contributed by atoms with Gasteiger partial charge in [0.25, 0.3) is 10.1 Å². The predicted octanol–water partition coefficient (Wildman–Crippen LogP) is 8.97. The summed E-state index contributed by atoms with van der Waals surface area (Å²) in [5, 5.41) is 0. The molecule has 0 unspecified atom stereocenters. The van der Waals surface area contributed by atoms with Crippen molar-refractivity contribution >= 4 is 10.1 Å². The zero-order valence-electron chi connectivity index (χ0n) is 28.1. The van der Waals surface area contributed by atoms with E-state index in [0.29, 0.717) is 5.75 Å². The Morgan fingerprint density at radius 3 is 1.66 bits per heavy atom. The fraction of sp³-hybridized carbons (Fsp3) is 0.163. The van der Waals surface area contributed by atoms with E-state index < -0.39 is 21.8 Å². The molecule has 0 heterocycles. The van der Waals surface area contributed by atoms with Gasteiger partial charge in [-0.2, -0.15) is 8.42 Å². The van der Waals surface area contributed by atoms with Crippen molar-refractivity contribution < 1.29 is 26.8 Å². The molecule has 0 saturated carbocycles. The highest BCUT2D eigenvalue weighted by atomic mass is 32.2. The summed E-state index contributed by atoms with van der Waals surface area (Å²) in [5.74, 6) is 0.708. The first-order chi connectivity index (χ1) is 24.4. The van der Waals surface area contributed by atoms with Gasteiger partial charge in [-0.3, -0.25) is 4.18 Å². The van der Waals surface area contributed by atoms with E-state index in [1.807, 2.05) is 122 Å². The highest BCUT2D eigenvalue weighted by Gasteiger charge is 2.39. The van der Waals surface area contributed by atoms with Crippen LogP contribution in [0.15, 0.2) is 169 Å². The molecule has 0 aliphatic carbocycles. The largest absolute Gasteiger partial charge is 0.497 e. The first-order valence-corrected chi connectivity index (χ1v) is 17.9. The maximum absolute atomic E-state index is 13.6. The van der Waals surface area contributed by atoms with Gasteiger partial charge in [-0.15, -0.1) is 0 Å². The molecule has 6 nitrogen and oxygen atoms in total. The lowest BCUT2D eigenvalue weighted by Gasteiger charge is -2.37. The summed E-state index contributed by atoms with van der Waals surface area (Å²) in [6.07, 6.45) is -0.977. The molecule has 0 saturated heterocycles. The van der Waals surface area contributed by atoms with Crippen molar-refractivity contribution in [1.29, 1.82) is 0 Å². The minimum absolute atomic E-state index is 0.0339. The number of aryl methyl sites for hydroxylation is 1. The quantitative estimate of drug-likeness (QED) is 0.0795. The summed E-state index contributed by atoms with van der Waals surface area (Å²) < 4.78 is 51.8. The molecule has 6 rings (SSSR count). The SMILES string of the molecule is COc1ccc(C(OC[C@H](COCc2ccc(-c3ccccc3)cc2)OS(=O)(=O)c2ccc(C)cc2)(c2ccccc2)c2ccccc2)cc1. The summed E-state index contributed by atoms with van der Waals surface area (Å²) in [5.41, 5.74) is 5.60. The Kier molecular flexibility index (Phi) is 11.2. The lowest BCUT2D eigenvalue weighted by molar-refractivity contribution is -0.0556. The molecule has 0 aliphatic heterocycles. The van der Waals surface area contributed by atoms with Crippen LogP contribution in [0.3, 0.4) is 0 Å². The number of ether oxygens (including phenoxy) is 3. The average molecular weight is 685 g/mol. The van der Waals surface area contributed by atoms with Gasteiger partial charge in [-0.25, -0.2) is 0 Å². The number of hydrogen-bond acceptors (Lipinski definition) is 6. The van der Waals surface area contributed by atoms with Gasteiger partial charge in [0, 0.05) is 0 Å². The van der Waals surface area contributed by atoms with Crippen molar-refractivity contribution in [2.45, 2.75) is 30.1 Å². The van der Waals surface area contributed by atoms with Crippen molar-refractivity contribution in [3.63, 3.8) is 0 Å². The highest BCUT2D eigenvalue weighted by molar-refractivity contribution is 7.86. The molecule has 0 aliphatic rings. The van der Waals surface area contributed by atoms with Gasteiger partial charge in [0.1, 0.15) is 17.5 Å². The summed E-state index contributed by atoms with van der Waals surface area (Å²) >= 11 is 0. The molecule has 0 amide bonds. The van der Waals surface area contributed by atoms with E-state index in [9.17, 15) is 8.42 Å². The standard InChI is InChI=1S/C43H40O6S/c1-33-18-28-42(29-19-33)50(44,45)49-41(31-47-30-34-20-22-36(23-21-34)35-12-6-3-7-13-35)32-48-43(37-14-8-4-9-15-37,38-16-10-5-11-17-38)39-24-26-40(46-2)27-25-39/h3-29,41H,30-32H2,1-2H3/t41-/m0/s1. The number of benzene rings is 6. The van der Waals surface area contributed by atoms with Crippen LogP contribution in [-0.4, -0.2) is 34.8 Å². The molecular formula is C43H40O6S. The van der Waals surface area contributed by atoms with Crippen molar-refractivity contribution in [2.75, 3.05) is 20.3 Å². The summed E-state index contributed by atoms with van der Waals surface area (Å²) in [4.78, 5) is 0.0668. The predicted molar refractivity (Wildman–Crippen MR) is 196 cm³/mol. The smallest absolute Gasteiger partial charge is 0.297 e. The Hall–Kier alpha value is -5.05. The molecule has 1 atom stereocenters. The second kappa shape index (κ2) is 16.1. The lowest BCUT2D eigenvalue weighted by atomic mass is 9.80. The average Bonchev–Trinajstić information content (AvgIpc) is 3.17. The monoisotopic (exact) mass is 684 g/mol. The van der Waals surface area contributed by atoms with E-state index in [4.69, 9.17) is 18.4 Å². The number of rotatable bonds is 15. The van der Waals surface area contributed by atoms with Crippen LogP contribution in [0.25, 0.3) is 11.1 Å². The maximum atomic E-state index is 13.6. The van der Waals surface area contributed by atoms with Crippen LogP contribution in [0.4, 0.5) is 0 Å². The van der Waals surface area contributed by atoms with Crippen LogP contribution in [0.2, 0.25) is 0 Å². The Bertz CT molecular complexity index is 1990. The number of methoxy groups -OCH3 is 1. The molecule has 0 N–H and O–H groups in total. The number of hydrogen-bond donors (Lipinski definition) is 0. The minimum Gasteiger partial charge on any atom is -0.497 e.